The molecule has 0 aromatic heterocycles. The molecule has 0 heterocycles. The van der Waals surface area contributed by atoms with Gasteiger partial charge in [-0.05, 0) is 31.7 Å². The van der Waals surface area contributed by atoms with Gasteiger partial charge in [-0.2, -0.15) is 5.26 Å². The smallest absolute Gasteiger partial charge is 0.142 e. The fourth-order valence-corrected chi connectivity index (χ4v) is 1.64. The lowest BCUT2D eigenvalue weighted by molar-refractivity contribution is 0.303. The minimum atomic E-state index is -0.402. The average Bonchev–Trinajstić information content (AvgIpc) is 2.23. The van der Waals surface area contributed by atoms with Gasteiger partial charge >= 0.3 is 0 Å². The second-order valence-corrected chi connectivity index (χ2v) is 4.38. The highest BCUT2D eigenvalue weighted by atomic mass is 35.5. The zero-order valence-electron chi connectivity index (χ0n) is 9.37. The van der Waals surface area contributed by atoms with E-state index in [1.807, 2.05) is 18.9 Å². The van der Waals surface area contributed by atoms with Crippen molar-refractivity contribution in [3.63, 3.8) is 0 Å². The molecule has 0 radical (unpaired) electrons. The Morgan fingerprint density at radius 2 is 2.25 bits per heavy atom. The summed E-state index contributed by atoms with van der Waals surface area (Å²) >= 11 is 5.59. The summed E-state index contributed by atoms with van der Waals surface area (Å²) in [5, 5.41) is 8.81. The van der Waals surface area contributed by atoms with Crippen LogP contribution in [0.25, 0.3) is 0 Å². The highest BCUT2D eigenvalue weighted by molar-refractivity contribution is 6.30. The fourth-order valence-electron chi connectivity index (χ4n) is 1.52. The summed E-state index contributed by atoms with van der Waals surface area (Å²) in [7, 11) is 1.90. The van der Waals surface area contributed by atoms with Crippen LogP contribution in [-0.2, 0) is 6.54 Å². The van der Waals surface area contributed by atoms with E-state index in [1.54, 1.807) is 12.1 Å². The van der Waals surface area contributed by atoms with E-state index in [-0.39, 0.29) is 10.9 Å². The maximum Gasteiger partial charge on any atom is 0.142 e. The molecule has 1 rings (SSSR count). The number of benzene rings is 1. The molecular weight excluding hydrogens is 227 g/mol. The topological polar surface area (TPSA) is 27.0 Å². The Hall–Kier alpha value is -1.11. The summed E-state index contributed by atoms with van der Waals surface area (Å²) in [6, 6.07) is 6.93. The molecule has 0 bridgehead atoms. The van der Waals surface area contributed by atoms with Crippen LogP contribution in [0.3, 0.4) is 0 Å². The van der Waals surface area contributed by atoms with Crippen LogP contribution in [0.5, 0.6) is 0 Å². The lowest BCUT2D eigenvalue weighted by atomic mass is 10.1. The molecule has 1 aromatic carbocycles. The molecule has 86 valence electrons. The zero-order valence-corrected chi connectivity index (χ0v) is 10.1. The monoisotopic (exact) mass is 240 g/mol. The van der Waals surface area contributed by atoms with Gasteiger partial charge in [0.1, 0.15) is 5.82 Å². The van der Waals surface area contributed by atoms with Crippen molar-refractivity contribution in [3.05, 3.63) is 34.6 Å². The summed E-state index contributed by atoms with van der Waals surface area (Å²) < 4.78 is 13.2. The number of nitriles is 1. The molecule has 1 unspecified atom stereocenters. The van der Waals surface area contributed by atoms with Crippen LogP contribution in [0.15, 0.2) is 18.2 Å². The van der Waals surface area contributed by atoms with E-state index in [0.717, 1.165) is 5.56 Å². The highest BCUT2D eigenvalue weighted by Gasteiger charge is 2.07. The van der Waals surface area contributed by atoms with Gasteiger partial charge in [-0.1, -0.05) is 17.7 Å². The molecule has 0 aliphatic carbocycles. The minimum absolute atomic E-state index is 0.0258. The Morgan fingerprint density at radius 1 is 1.56 bits per heavy atom. The Labute approximate surface area is 100 Å². The summed E-state index contributed by atoms with van der Waals surface area (Å²) in [6.45, 7) is 3.14. The third kappa shape index (κ3) is 3.80. The van der Waals surface area contributed by atoms with Gasteiger partial charge in [0, 0.05) is 13.1 Å². The predicted octanol–water partition coefficient (Wildman–Crippen LogP) is 3.07. The van der Waals surface area contributed by atoms with Gasteiger partial charge in [0.25, 0.3) is 0 Å². The van der Waals surface area contributed by atoms with Gasteiger partial charge in [-0.25, -0.2) is 4.39 Å². The molecule has 2 nitrogen and oxygen atoms in total. The Bertz CT molecular complexity index is 400. The molecule has 0 N–H and O–H groups in total. The van der Waals surface area contributed by atoms with Crippen molar-refractivity contribution < 1.29 is 4.39 Å². The normalized spacial score (nSPS) is 12.5. The Balaban J connectivity index is 2.60. The lowest BCUT2D eigenvalue weighted by Gasteiger charge is -2.17. The van der Waals surface area contributed by atoms with Gasteiger partial charge in [-0.15, -0.1) is 0 Å². The molecule has 0 fully saturated rings. The third-order valence-corrected chi connectivity index (χ3v) is 2.55. The van der Waals surface area contributed by atoms with Crippen molar-refractivity contribution in [1.29, 1.82) is 5.26 Å². The first-order valence-corrected chi connectivity index (χ1v) is 5.43. The number of nitrogens with zero attached hydrogens (tertiary/aromatic N) is 2. The number of hydrogen-bond acceptors (Lipinski definition) is 2. The minimum Gasteiger partial charge on any atom is -0.301 e. The van der Waals surface area contributed by atoms with Gasteiger partial charge in [0.05, 0.1) is 17.0 Å². The van der Waals surface area contributed by atoms with Crippen LogP contribution in [0.1, 0.15) is 12.5 Å². The molecule has 0 amide bonds. The van der Waals surface area contributed by atoms with Crippen LogP contribution in [-0.4, -0.2) is 18.5 Å². The van der Waals surface area contributed by atoms with E-state index >= 15 is 0 Å². The standard InChI is InChI=1S/C12H14ClFN2/c1-9(6-15)7-16(2)8-10-3-4-11(13)12(14)5-10/h3-5,9H,7-8H2,1-2H3. The number of halogens is 2. The van der Waals surface area contributed by atoms with Crippen LogP contribution >= 0.6 is 11.6 Å². The van der Waals surface area contributed by atoms with Gasteiger partial charge < -0.3 is 4.90 Å². The summed E-state index contributed by atoms with van der Waals surface area (Å²) in [5.74, 6) is -0.428. The van der Waals surface area contributed by atoms with Crippen molar-refractivity contribution in [2.24, 2.45) is 5.92 Å². The summed E-state index contributed by atoms with van der Waals surface area (Å²) in [6.07, 6.45) is 0. The maximum absolute atomic E-state index is 13.2. The molecule has 0 aliphatic rings. The van der Waals surface area contributed by atoms with E-state index in [2.05, 4.69) is 6.07 Å². The van der Waals surface area contributed by atoms with Crippen LogP contribution in [0.4, 0.5) is 4.39 Å². The van der Waals surface area contributed by atoms with E-state index in [9.17, 15) is 4.39 Å². The van der Waals surface area contributed by atoms with Crippen molar-refractivity contribution in [1.82, 2.24) is 4.90 Å². The molecule has 0 aliphatic heterocycles. The van der Waals surface area contributed by atoms with Crippen LogP contribution < -0.4 is 0 Å². The quantitative estimate of drug-likeness (QED) is 0.809. The SMILES string of the molecule is CC(C#N)CN(C)Cc1ccc(Cl)c(F)c1. The van der Waals surface area contributed by atoms with Crippen molar-refractivity contribution in [2.75, 3.05) is 13.6 Å². The Kier molecular flexibility index (Phi) is 4.72. The fraction of sp³-hybridized carbons (Fsp3) is 0.417. The van der Waals surface area contributed by atoms with Gasteiger partial charge in [-0.3, -0.25) is 0 Å². The highest BCUT2D eigenvalue weighted by Crippen LogP contribution is 2.16. The molecular formula is C12H14ClFN2. The van der Waals surface area contributed by atoms with E-state index in [1.165, 1.54) is 6.07 Å². The van der Waals surface area contributed by atoms with Crippen LogP contribution in [0, 0.1) is 23.1 Å². The molecule has 0 spiro atoms. The molecule has 16 heavy (non-hydrogen) atoms. The molecule has 1 aromatic rings. The maximum atomic E-state index is 13.2. The largest absolute Gasteiger partial charge is 0.301 e. The second-order valence-electron chi connectivity index (χ2n) is 3.98. The molecule has 1 atom stereocenters. The predicted molar refractivity (Wildman–Crippen MR) is 62.5 cm³/mol. The second kappa shape index (κ2) is 5.83. The molecule has 4 heteroatoms. The Morgan fingerprint density at radius 3 is 2.81 bits per heavy atom. The first-order valence-electron chi connectivity index (χ1n) is 5.05. The number of rotatable bonds is 4. The summed E-state index contributed by atoms with van der Waals surface area (Å²) in [4.78, 5) is 1.98. The number of hydrogen-bond donors (Lipinski definition) is 0. The summed E-state index contributed by atoms with van der Waals surface area (Å²) in [5.41, 5.74) is 0.856. The first-order chi connectivity index (χ1) is 7.52. The first kappa shape index (κ1) is 13.0. The van der Waals surface area contributed by atoms with Crippen LogP contribution in [0.2, 0.25) is 5.02 Å². The zero-order chi connectivity index (χ0) is 12.1. The van der Waals surface area contributed by atoms with Gasteiger partial charge in [0.2, 0.25) is 0 Å². The third-order valence-electron chi connectivity index (χ3n) is 2.24. The molecule has 0 saturated heterocycles. The van der Waals surface area contributed by atoms with Crippen molar-refractivity contribution >= 4 is 11.6 Å². The lowest BCUT2D eigenvalue weighted by Crippen LogP contribution is -2.23. The molecule has 0 saturated carbocycles. The average molecular weight is 241 g/mol. The van der Waals surface area contributed by atoms with Gasteiger partial charge in [0.15, 0.2) is 0 Å². The van der Waals surface area contributed by atoms with E-state index < -0.39 is 5.82 Å². The van der Waals surface area contributed by atoms with E-state index in [4.69, 9.17) is 16.9 Å². The van der Waals surface area contributed by atoms with Crippen molar-refractivity contribution in [2.45, 2.75) is 13.5 Å². The van der Waals surface area contributed by atoms with E-state index in [0.29, 0.717) is 13.1 Å². The van der Waals surface area contributed by atoms with Crippen molar-refractivity contribution in [3.8, 4) is 6.07 Å².